The van der Waals surface area contributed by atoms with Gasteiger partial charge in [-0.1, -0.05) is 133 Å². The minimum Gasteiger partial charge on any atom is -0.456 e. The number of hydrogen-bond acceptors (Lipinski definition) is 6. The third-order valence-corrected chi connectivity index (χ3v) is 11.2. The van der Waals surface area contributed by atoms with Gasteiger partial charge in [0.25, 0.3) is 0 Å². The largest absolute Gasteiger partial charge is 0.456 e. The lowest BCUT2D eigenvalue weighted by molar-refractivity contribution is 0.655. The van der Waals surface area contributed by atoms with E-state index in [4.69, 9.17) is 23.2 Å². The molecule has 0 radical (unpaired) electrons. The van der Waals surface area contributed by atoms with Crippen molar-refractivity contribution in [1.29, 1.82) is 0 Å². The van der Waals surface area contributed by atoms with Gasteiger partial charge in [0.2, 0.25) is 0 Å². The van der Waals surface area contributed by atoms with Crippen molar-refractivity contribution in [3.8, 4) is 22.3 Å². The fourth-order valence-electron chi connectivity index (χ4n) is 8.48. The van der Waals surface area contributed by atoms with Crippen LogP contribution >= 0.6 is 0 Å². The van der Waals surface area contributed by atoms with Gasteiger partial charge in [-0.05, 0) is 59.2 Å². The molecule has 0 saturated heterocycles. The molecule has 1 atom stereocenters. The van der Waals surface area contributed by atoms with Crippen LogP contribution in [0.15, 0.2) is 199 Å². The molecule has 0 amide bonds. The quantitative estimate of drug-likeness (QED) is 0.191. The summed E-state index contributed by atoms with van der Waals surface area (Å²) in [6, 6.07) is 60.3. The van der Waals surface area contributed by atoms with Gasteiger partial charge in [0.05, 0.1) is 0 Å². The van der Waals surface area contributed by atoms with Crippen LogP contribution in [-0.4, -0.2) is 11.7 Å². The highest BCUT2D eigenvalue weighted by Crippen LogP contribution is 2.43. The molecule has 11 aromatic rings. The molecule has 1 aliphatic rings. The van der Waals surface area contributed by atoms with Gasteiger partial charge in [0.1, 0.15) is 45.5 Å². The van der Waals surface area contributed by atoms with E-state index in [0.717, 1.165) is 111 Å². The van der Waals surface area contributed by atoms with Gasteiger partial charge in [-0.2, -0.15) is 0 Å². The van der Waals surface area contributed by atoms with E-state index in [1.807, 2.05) is 60.7 Å². The van der Waals surface area contributed by atoms with Crippen LogP contribution in [0, 0.1) is 0 Å². The number of rotatable bonds is 5. The van der Waals surface area contributed by atoms with Crippen LogP contribution in [0.4, 0.5) is 0 Å². The smallest absolute Gasteiger partial charge is 0.160 e. The lowest BCUT2D eigenvalue weighted by atomic mass is 9.94. The number of fused-ring (bicyclic) bond motifs is 9. The second-order valence-corrected chi connectivity index (χ2v) is 14.5. The second kappa shape index (κ2) is 12.4. The molecule has 1 unspecified atom stereocenters. The summed E-state index contributed by atoms with van der Waals surface area (Å²) in [7, 11) is 0. The predicted octanol–water partition coefficient (Wildman–Crippen LogP) is 13.2. The highest BCUT2D eigenvalue weighted by Gasteiger charge is 2.26. The summed E-state index contributed by atoms with van der Waals surface area (Å²) in [6.07, 6.45) is -0.446. The average molecular weight is 734 g/mol. The number of aliphatic imine (C=N–C) groups is 2. The lowest BCUT2D eigenvalue weighted by Crippen LogP contribution is -2.33. The van der Waals surface area contributed by atoms with Crippen LogP contribution in [0.2, 0.25) is 0 Å². The van der Waals surface area contributed by atoms with E-state index in [9.17, 15) is 0 Å². The Morgan fingerprint density at radius 3 is 1.81 bits per heavy atom. The van der Waals surface area contributed by atoms with Crippen molar-refractivity contribution >= 4 is 77.5 Å². The monoisotopic (exact) mass is 733 g/mol. The summed E-state index contributed by atoms with van der Waals surface area (Å²) in [4.78, 5) is 10.7. The van der Waals surface area contributed by atoms with Gasteiger partial charge >= 0.3 is 0 Å². The Balaban J connectivity index is 1.06. The highest BCUT2D eigenvalue weighted by atomic mass is 16.3. The Kier molecular flexibility index (Phi) is 6.89. The Morgan fingerprint density at radius 2 is 1.00 bits per heavy atom. The molecule has 0 spiro atoms. The van der Waals surface area contributed by atoms with Crippen LogP contribution < -0.4 is 5.32 Å². The normalized spacial score (nSPS) is 14.5. The maximum atomic E-state index is 6.80. The molecular formula is C51H31N3O3. The Bertz CT molecular complexity index is 3440. The molecule has 3 aromatic heterocycles. The molecule has 0 fully saturated rings. The van der Waals surface area contributed by atoms with Gasteiger partial charge in [0.15, 0.2) is 5.84 Å². The third kappa shape index (κ3) is 5.04. The maximum Gasteiger partial charge on any atom is 0.160 e. The van der Waals surface area contributed by atoms with E-state index in [2.05, 4.69) is 121 Å². The van der Waals surface area contributed by atoms with Gasteiger partial charge in [-0.25, -0.2) is 9.98 Å². The molecule has 4 heterocycles. The van der Waals surface area contributed by atoms with E-state index < -0.39 is 6.17 Å². The first-order chi connectivity index (χ1) is 28.2. The van der Waals surface area contributed by atoms with E-state index in [0.29, 0.717) is 5.84 Å². The SMILES string of the molecule is c1ccc(-c2ccc(C3=NC(c4ccc(-c5cccc6oc7ccccc7c56)c5oc6ccccc6c45)=NC(c4ccc5c(c4)oc4ccccc45)N3)cc2)cc1. The fourth-order valence-corrected chi connectivity index (χ4v) is 8.48. The van der Waals surface area contributed by atoms with Crippen molar-refractivity contribution in [1.82, 2.24) is 5.32 Å². The van der Waals surface area contributed by atoms with Crippen molar-refractivity contribution in [2.75, 3.05) is 0 Å². The van der Waals surface area contributed by atoms with E-state index >= 15 is 0 Å². The molecule has 6 nitrogen and oxygen atoms in total. The molecular weight excluding hydrogens is 703 g/mol. The van der Waals surface area contributed by atoms with Crippen molar-refractivity contribution in [3.63, 3.8) is 0 Å². The average Bonchev–Trinajstić information content (AvgIpc) is 3.98. The molecule has 0 saturated carbocycles. The zero-order valence-corrected chi connectivity index (χ0v) is 30.4. The van der Waals surface area contributed by atoms with Crippen LogP contribution in [-0.2, 0) is 0 Å². The molecule has 12 rings (SSSR count). The highest BCUT2D eigenvalue weighted by molar-refractivity contribution is 6.25. The predicted molar refractivity (Wildman–Crippen MR) is 231 cm³/mol. The first-order valence-corrected chi connectivity index (χ1v) is 19.1. The van der Waals surface area contributed by atoms with Crippen LogP contribution in [0.25, 0.3) is 88.1 Å². The van der Waals surface area contributed by atoms with Gasteiger partial charge in [-0.3, -0.25) is 0 Å². The minimum atomic E-state index is -0.446. The van der Waals surface area contributed by atoms with Crippen molar-refractivity contribution < 1.29 is 13.3 Å². The first kappa shape index (κ1) is 31.6. The third-order valence-electron chi connectivity index (χ3n) is 11.2. The molecule has 0 bridgehead atoms. The number of para-hydroxylation sites is 3. The lowest BCUT2D eigenvalue weighted by Gasteiger charge is -2.24. The van der Waals surface area contributed by atoms with Crippen molar-refractivity contribution in [3.05, 3.63) is 193 Å². The second-order valence-electron chi connectivity index (χ2n) is 14.5. The molecule has 0 aliphatic carbocycles. The molecule has 8 aromatic carbocycles. The number of amidine groups is 2. The molecule has 1 aliphatic heterocycles. The van der Waals surface area contributed by atoms with E-state index in [1.165, 1.54) is 0 Å². The molecule has 1 N–H and O–H groups in total. The number of hydrogen-bond donors (Lipinski definition) is 1. The minimum absolute atomic E-state index is 0.446. The van der Waals surface area contributed by atoms with E-state index in [1.54, 1.807) is 0 Å². The standard InChI is InChI=1S/C51H31N3O3/c1-2-11-30(12-3-1)31-21-23-32(24-22-31)49-52-50(33-25-26-35-34-13-4-7-17-41(34)56-45(35)29-33)54-51(53-49)40-28-27-37(48-47(40)39-15-6-9-19-43(39)57-48)36-16-10-20-44-46(36)38-14-5-8-18-42(38)55-44/h1-29,50H,(H,52,53,54). The van der Waals surface area contributed by atoms with Gasteiger partial charge in [0, 0.05) is 54.6 Å². The maximum absolute atomic E-state index is 6.80. The van der Waals surface area contributed by atoms with Crippen LogP contribution in [0.5, 0.6) is 0 Å². The fraction of sp³-hybridized carbons (Fsp3) is 0.0196. The van der Waals surface area contributed by atoms with Crippen molar-refractivity contribution in [2.24, 2.45) is 9.98 Å². The number of nitrogens with one attached hydrogen (secondary N) is 1. The Hall–Kier alpha value is -7.70. The summed E-state index contributed by atoms with van der Waals surface area (Å²) >= 11 is 0. The zero-order valence-electron chi connectivity index (χ0n) is 30.4. The molecule has 6 heteroatoms. The summed E-state index contributed by atoms with van der Waals surface area (Å²) in [6.45, 7) is 0. The topological polar surface area (TPSA) is 76.2 Å². The summed E-state index contributed by atoms with van der Waals surface area (Å²) < 4.78 is 19.4. The number of nitrogens with zero attached hydrogens (tertiary/aromatic N) is 2. The molecule has 57 heavy (non-hydrogen) atoms. The van der Waals surface area contributed by atoms with E-state index in [-0.39, 0.29) is 0 Å². The van der Waals surface area contributed by atoms with Gasteiger partial charge in [-0.15, -0.1) is 0 Å². The Labute approximate surface area is 326 Å². The van der Waals surface area contributed by atoms with Gasteiger partial charge < -0.3 is 18.6 Å². The first-order valence-electron chi connectivity index (χ1n) is 19.1. The summed E-state index contributed by atoms with van der Waals surface area (Å²) in [5.74, 6) is 1.34. The summed E-state index contributed by atoms with van der Waals surface area (Å²) in [5.41, 5.74) is 12.1. The summed E-state index contributed by atoms with van der Waals surface area (Å²) in [5, 5.41) is 9.93. The van der Waals surface area contributed by atoms with Crippen LogP contribution in [0.3, 0.4) is 0 Å². The zero-order chi connectivity index (χ0) is 37.5. The molecule has 268 valence electrons. The Morgan fingerprint density at radius 1 is 0.404 bits per heavy atom. The number of furan rings is 3. The van der Waals surface area contributed by atoms with Crippen LogP contribution in [0.1, 0.15) is 22.9 Å². The number of benzene rings is 8. The van der Waals surface area contributed by atoms with Crippen molar-refractivity contribution in [2.45, 2.75) is 6.17 Å².